The maximum Gasteiger partial charge on any atom is 0.313 e. The molecule has 3 saturated carbocycles. The molecule has 0 aromatic rings. The number of carbonyl (C=O) groups is 2. The maximum absolute atomic E-state index is 17.0. The van der Waals surface area contributed by atoms with Gasteiger partial charge in [-0.15, -0.1) is 0 Å². The van der Waals surface area contributed by atoms with Crippen molar-refractivity contribution in [1.82, 2.24) is 0 Å². The van der Waals surface area contributed by atoms with Gasteiger partial charge in [0, 0.05) is 22.7 Å². The van der Waals surface area contributed by atoms with Crippen molar-refractivity contribution < 1.29 is 18.7 Å². The highest BCUT2D eigenvalue weighted by molar-refractivity contribution is 6.02. The molecule has 0 N–H and O–H groups in total. The number of fused-ring (bicyclic) bond motifs is 4. The first-order chi connectivity index (χ1) is 16.2. The minimum Gasteiger partial charge on any atom is -0.454 e. The summed E-state index contributed by atoms with van der Waals surface area (Å²) in [4.78, 5) is 26.4. The molecule has 1 spiro atoms. The van der Waals surface area contributed by atoms with Gasteiger partial charge < -0.3 is 4.74 Å². The quantitative estimate of drug-likeness (QED) is 0.304. The average molecular weight is 480 g/mol. The number of ether oxygens (including phenoxy) is 1. The van der Waals surface area contributed by atoms with E-state index >= 15 is 4.39 Å². The second-order valence-corrected chi connectivity index (χ2v) is 14.2. The molecule has 1 saturated heterocycles. The fourth-order valence-corrected chi connectivity index (χ4v) is 10.3. The molecule has 6 rings (SSSR count). The third-order valence-electron chi connectivity index (χ3n) is 12.5. The molecular weight excluding hydrogens is 441 g/mol. The Bertz CT molecular complexity index is 1160. The van der Waals surface area contributed by atoms with Gasteiger partial charge in [-0.25, -0.2) is 4.39 Å². The summed E-state index contributed by atoms with van der Waals surface area (Å²) in [6.07, 6.45) is 7.96. The number of Topliss-reactive ketones (excluding diaryl/α,β-unsaturated/α-hetero) is 1. The number of esters is 1. The number of ketones is 1. The lowest BCUT2D eigenvalue weighted by molar-refractivity contribution is -0.229. The van der Waals surface area contributed by atoms with Crippen molar-refractivity contribution in [2.24, 2.45) is 44.8 Å². The summed E-state index contributed by atoms with van der Waals surface area (Å²) in [6.45, 7) is 13.0. The Morgan fingerprint density at radius 1 is 1.06 bits per heavy atom. The first-order valence-electron chi connectivity index (χ1n) is 13.5. The Morgan fingerprint density at radius 2 is 1.74 bits per heavy atom. The van der Waals surface area contributed by atoms with E-state index < -0.39 is 33.4 Å². The van der Waals surface area contributed by atoms with Gasteiger partial charge in [0.2, 0.25) is 0 Å². The molecule has 9 atom stereocenters. The number of nitrogens with zero attached hydrogens (tertiary/aromatic N) is 1. The summed E-state index contributed by atoms with van der Waals surface area (Å²) < 4.78 is 23.4. The molecule has 6 aliphatic rings. The Hall–Kier alpha value is -1.96. The summed E-state index contributed by atoms with van der Waals surface area (Å²) >= 11 is 0. The van der Waals surface area contributed by atoms with Crippen molar-refractivity contribution >= 4 is 11.8 Å². The molecule has 5 heteroatoms. The number of halogens is 1. The van der Waals surface area contributed by atoms with Crippen LogP contribution in [0.5, 0.6) is 0 Å². The van der Waals surface area contributed by atoms with Crippen LogP contribution < -0.4 is 0 Å². The summed E-state index contributed by atoms with van der Waals surface area (Å²) in [5.74, 6) is -0.621. The van der Waals surface area contributed by atoms with Crippen molar-refractivity contribution in [1.29, 1.82) is 5.26 Å². The highest BCUT2D eigenvalue weighted by atomic mass is 19.1. The van der Waals surface area contributed by atoms with Gasteiger partial charge in [-0.05, 0) is 67.8 Å². The van der Waals surface area contributed by atoms with Crippen molar-refractivity contribution in [3.63, 3.8) is 0 Å². The first kappa shape index (κ1) is 23.4. The van der Waals surface area contributed by atoms with Gasteiger partial charge in [0.1, 0.15) is 6.07 Å². The van der Waals surface area contributed by atoms with E-state index in [0.717, 1.165) is 50.5 Å². The van der Waals surface area contributed by atoms with Crippen molar-refractivity contribution in [2.75, 3.05) is 0 Å². The summed E-state index contributed by atoms with van der Waals surface area (Å²) in [7, 11) is 0. The molecule has 188 valence electrons. The minimum absolute atomic E-state index is 0.0405. The van der Waals surface area contributed by atoms with Gasteiger partial charge in [0.05, 0.1) is 11.0 Å². The fraction of sp³-hybridized carbons (Fsp3) is 0.767. The van der Waals surface area contributed by atoms with Gasteiger partial charge in [-0.1, -0.05) is 53.2 Å². The SMILES string of the molecule is C[C@@H]1C(=O)C(C#N)=C[C@]2(C)C3=CC(F)[C@]45OC(=O)[C@@]6(CCC(C)(C)CC64)CC[C@@]5(C)[C@]3(C)CC[C@@H]12. The number of hydrogen-bond acceptors (Lipinski definition) is 4. The van der Waals surface area contributed by atoms with E-state index in [1.807, 2.05) is 13.0 Å². The topological polar surface area (TPSA) is 67.2 Å². The van der Waals surface area contributed by atoms with E-state index in [2.05, 4.69) is 40.7 Å². The highest BCUT2D eigenvalue weighted by Crippen LogP contribution is 2.79. The summed E-state index contributed by atoms with van der Waals surface area (Å²) in [5.41, 5.74) is -1.96. The average Bonchev–Trinajstić information content (AvgIpc) is 2.98. The molecular formula is C30H38FNO3. The van der Waals surface area contributed by atoms with Crippen LogP contribution >= 0.6 is 0 Å². The molecule has 35 heavy (non-hydrogen) atoms. The van der Waals surface area contributed by atoms with Crippen LogP contribution in [0.3, 0.4) is 0 Å². The van der Waals surface area contributed by atoms with E-state index in [4.69, 9.17) is 4.74 Å². The zero-order chi connectivity index (χ0) is 25.4. The van der Waals surface area contributed by atoms with Crippen LogP contribution in [-0.4, -0.2) is 23.5 Å². The first-order valence-corrected chi connectivity index (χ1v) is 13.5. The highest BCUT2D eigenvalue weighted by Gasteiger charge is 2.82. The van der Waals surface area contributed by atoms with E-state index in [-0.39, 0.29) is 40.5 Å². The van der Waals surface area contributed by atoms with Crippen LogP contribution in [0.4, 0.5) is 4.39 Å². The van der Waals surface area contributed by atoms with E-state index in [1.54, 1.807) is 6.08 Å². The zero-order valence-electron chi connectivity index (χ0n) is 22.0. The smallest absolute Gasteiger partial charge is 0.313 e. The second-order valence-electron chi connectivity index (χ2n) is 14.2. The number of carbonyl (C=O) groups excluding carboxylic acids is 2. The zero-order valence-corrected chi connectivity index (χ0v) is 22.0. The third-order valence-corrected chi connectivity index (χ3v) is 12.5. The van der Waals surface area contributed by atoms with E-state index in [9.17, 15) is 14.9 Å². The van der Waals surface area contributed by atoms with E-state index in [1.165, 1.54) is 0 Å². The largest absolute Gasteiger partial charge is 0.454 e. The Kier molecular flexibility index (Phi) is 4.34. The number of rotatable bonds is 0. The van der Waals surface area contributed by atoms with Crippen LogP contribution in [0.25, 0.3) is 0 Å². The van der Waals surface area contributed by atoms with Gasteiger partial charge in [0.25, 0.3) is 0 Å². The van der Waals surface area contributed by atoms with Crippen molar-refractivity contribution in [3.8, 4) is 6.07 Å². The molecule has 2 bridgehead atoms. The van der Waals surface area contributed by atoms with Gasteiger partial charge in [-0.2, -0.15) is 5.26 Å². The molecule has 4 nitrogen and oxygen atoms in total. The number of alkyl halides is 1. The van der Waals surface area contributed by atoms with Crippen molar-refractivity contribution in [3.05, 3.63) is 23.3 Å². The molecule has 1 aliphatic heterocycles. The Labute approximate surface area is 208 Å². The predicted octanol–water partition coefficient (Wildman–Crippen LogP) is 6.26. The summed E-state index contributed by atoms with van der Waals surface area (Å²) in [6, 6.07) is 2.13. The minimum atomic E-state index is -1.40. The molecule has 5 aliphatic carbocycles. The lowest BCUT2D eigenvalue weighted by atomic mass is 9.34. The maximum atomic E-state index is 17.0. The van der Waals surface area contributed by atoms with Gasteiger partial charge >= 0.3 is 5.97 Å². The van der Waals surface area contributed by atoms with E-state index in [0.29, 0.717) is 0 Å². The number of hydrogen-bond donors (Lipinski definition) is 0. The Balaban J connectivity index is 1.58. The molecule has 1 heterocycles. The number of allylic oxidation sites excluding steroid dienone is 3. The molecule has 0 aromatic heterocycles. The molecule has 2 unspecified atom stereocenters. The van der Waals surface area contributed by atoms with Crippen LogP contribution in [-0.2, 0) is 14.3 Å². The second kappa shape index (κ2) is 6.48. The molecule has 0 aromatic carbocycles. The molecule has 4 fully saturated rings. The molecule has 0 radical (unpaired) electrons. The Morgan fingerprint density at radius 3 is 2.43 bits per heavy atom. The lowest BCUT2D eigenvalue weighted by Gasteiger charge is -2.69. The van der Waals surface area contributed by atoms with Crippen LogP contribution in [0, 0.1) is 56.2 Å². The van der Waals surface area contributed by atoms with Crippen LogP contribution in [0.1, 0.15) is 86.5 Å². The third kappa shape index (κ3) is 2.34. The lowest BCUT2D eigenvalue weighted by Crippen LogP contribution is -2.71. The predicted molar refractivity (Wildman–Crippen MR) is 130 cm³/mol. The van der Waals surface area contributed by atoms with Crippen LogP contribution in [0.2, 0.25) is 0 Å². The van der Waals surface area contributed by atoms with Crippen molar-refractivity contribution in [2.45, 2.75) is 98.3 Å². The standard InChI is InChI=1S/C30H38FNO3/c1-17-19-7-8-27(5)20(26(19,4)14-18(16-32)23(17)33)13-22(31)30-21-15-25(2,3)9-11-29(21,24(34)35-30)12-10-28(27,30)6/h13-14,17,19,21-22H,7-12,15H2,1-6H3/t17-,19-,21?,22?,26-,27+,28-,29-,30+/m0/s1. The molecule has 0 amide bonds. The van der Waals surface area contributed by atoms with Gasteiger partial charge in [-0.3, -0.25) is 9.59 Å². The summed E-state index contributed by atoms with van der Waals surface area (Å²) in [5, 5.41) is 9.74. The van der Waals surface area contributed by atoms with Crippen LogP contribution in [0.15, 0.2) is 23.3 Å². The number of nitriles is 1. The fourth-order valence-electron chi connectivity index (χ4n) is 10.3. The normalized spacial score (nSPS) is 53.7. The van der Waals surface area contributed by atoms with Gasteiger partial charge in [0.15, 0.2) is 17.6 Å². The monoisotopic (exact) mass is 479 g/mol.